The van der Waals surface area contributed by atoms with Crippen molar-refractivity contribution in [2.45, 2.75) is 24.8 Å². The number of nitrogens with two attached hydrogens (primary N) is 1. The van der Waals surface area contributed by atoms with Crippen LogP contribution in [0.1, 0.15) is 25.5 Å². The molecule has 0 heterocycles. The zero-order valence-electron chi connectivity index (χ0n) is 11.2. The number of hydrogen-bond acceptors (Lipinski definition) is 4. The maximum absolute atomic E-state index is 11.5. The fourth-order valence-electron chi connectivity index (χ4n) is 1.53. The molecule has 0 saturated heterocycles. The van der Waals surface area contributed by atoms with E-state index in [0.717, 1.165) is 5.56 Å². The van der Waals surface area contributed by atoms with Crippen molar-refractivity contribution < 1.29 is 18.0 Å². The van der Waals surface area contributed by atoms with Gasteiger partial charge in [0.1, 0.15) is 0 Å². The Hall–Kier alpha value is -1.93. The van der Waals surface area contributed by atoms with Crippen molar-refractivity contribution in [2.24, 2.45) is 5.14 Å². The topological polar surface area (TPSA) is 118 Å². The summed E-state index contributed by atoms with van der Waals surface area (Å²) in [6.45, 7) is 2.97. The molecular formula is C12H17N3O4S. The Morgan fingerprint density at radius 2 is 1.80 bits per heavy atom. The van der Waals surface area contributed by atoms with Crippen LogP contribution in [0, 0.1) is 0 Å². The first-order chi connectivity index (χ1) is 9.20. The van der Waals surface area contributed by atoms with E-state index < -0.39 is 10.0 Å². The first-order valence-corrected chi connectivity index (χ1v) is 7.41. The van der Waals surface area contributed by atoms with Gasteiger partial charge in [0.15, 0.2) is 0 Å². The van der Waals surface area contributed by atoms with Gasteiger partial charge >= 0.3 is 0 Å². The fourth-order valence-corrected chi connectivity index (χ4v) is 2.04. The van der Waals surface area contributed by atoms with Gasteiger partial charge in [0.25, 0.3) is 0 Å². The molecule has 0 aliphatic heterocycles. The van der Waals surface area contributed by atoms with Gasteiger partial charge in [0, 0.05) is 6.92 Å². The van der Waals surface area contributed by atoms with Crippen molar-refractivity contribution in [1.29, 1.82) is 0 Å². The van der Waals surface area contributed by atoms with Crippen molar-refractivity contribution in [2.75, 3.05) is 6.54 Å². The summed E-state index contributed by atoms with van der Waals surface area (Å²) in [7, 11) is -3.72. The van der Waals surface area contributed by atoms with E-state index in [0.29, 0.717) is 0 Å². The predicted octanol–water partition coefficient (Wildman–Crippen LogP) is -0.353. The highest BCUT2D eigenvalue weighted by molar-refractivity contribution is 7.89. The summed E-state index contributed by atoms with van der Waals surface area (Å²) in [4.78, 5) is 22.2. The number of amides is 2. The third kappa shape index (κ3) is 4.98. The van der Waals surface area contributed by atoms with Crippen molar-refractivity contribution in [3.63, 3.8) is 0 Å². The van der Waals surface area contributed by atoms with Crippen LogP contribution < -0.4 is 15.8 Å². The Kier molecular flexibility index (Phi) is 5.23. The van der Waals surface area contributed by atoms with Gasteiger partial charge < -0.3 is 10.6 Å². The third-order valence-electron chi connectivity index (χ3n) is 2.58. The molecule has 0 fully saturated rings. The smallest absolute Gasteiger partial charge is 0.239 e. The zero-order valence-corrected chi connectivity index (χ0v) is 12.0. The Morgan fingerprint density at radius 3 is 2.25 bits per heavy atom. The molecular weight excluding hydrogens is 282 g/mol. The van der Waals surface area contributed by atoms with Gasteiger partial charge in [-0.15, -0.1) is 0 Å². The minimum atomic E-state index is -3.72. The first kappa shape index (κ1) is 16.1. The molecule has 0 aliphatic carbocycles. The minimum Gasteiger partial charge on any atom is -0.348 e. The van der Waals surface area contributed by atoms with Crippen molar-refractivity contribution in [3.8, 4) is 0 Å². The zero-order chi connectivity index (χ0) is 15.3. The van der Waals surface area contributed by atoms with Crippen LogP contribution in [-0.4, -0.2) is 26.8 Å². The fraction of sp³-hybridized carbons (Fsp3) is 0.333. The lowest BCUT2D eigenvalue weighted by Crippen LogP contribution is -2.37. The summed E-state index contributed by atoms with van der Waals surface area (Å²) in [5.74, 6) is -0.617. The lowest BCUT2D eigenvalue weighted by atomic mass is 10.1. The molecule has 0 saturated carbocycles. The second-order valence-corrected chi connectivity index (χ2v) is 5.87. The second kappa shape index (κ2) is 6.49. The summed E-state index contributed by atoms with van der Waals surface area (Å²) < 4.78 is 22.2. The summed E-state index contributed by atoms with van der Waals surface area (Å²) in [6, 6.07) is 5.58. The normalized spacial score (nSPS) is 12.6. The molecule has 1 unspecified atom stereocenters. The van der Waals surface area contributed by atoms with E-state index in [1.165, 1.54) is 19.1 Å². The molecule has 1 aromatic rings. The number of nitrogens with one attached hydrogen (secondary N) is 2. The number of carbonyl (C=O) groups is 2. The number of benzene rings is 1. The number of carbonyl (C=O) groups excluding carboxylic acids is 2. The number of hydrogen-bond donors (Lipinski definition) is 3. The summed E-state index contributed by atoms with van der Waals surface area (Å²) in [5, 5.41) is 10.1. The van der Waals surface area contributed by atoms with E-state index in [1.54, 1.807) is 19.1 Å². The molecule has 20 heavy (non-hydrogen) atoms. The average molecular weight is 299 g/mol. The highest BCUT2D eigenvalue weighted by Gasteiger charge is 2.12. The van der Waals surface area contributed by atoms with Gasteiger partial charge in [-0.05, 0) is 24.6 Å². The number of rotatable bonds is 5. The molecule has 0 aliphatic rings. The summed E-state index contributed by atoms with van der Waals surface area (Å²) >= 11 is 0. The lowest BCUT2D eigenvalue weighted by molar-refractivity contribution is -0.125. The predicted molar refractivity (Wildman–Crippen MR) is 73.1 cm³/mol. The molecule has 4 N–H and O–H groups in total. The average Bonchev–Trinajstić information content (AvgIpc) is 2.35. The van der Waals surface area contributed by atoms with Crippen LogP contribution in [-0.2, 0) is 19.6 Å². The third-order valence-corrected chi connectivity index (χ3v) is 3.51. The van der Waals surface area contributed by atoms with Gasteiger partial charge in [0.05, 0.1) is 17.5 Å². The quantitative estimate of drug-likeness (QED) is 0.688. The monoisotopic (exact) mass is 299 g/mol. The first-order valence-electron chi connectivity index (χ1n) is 5.86. The van der Waals surface area contributed by atoms with E-state index in [9.17, 15) is 18.0 Å². The Labute approximate surface area is 117 Å². The highest BCUT2D eigenvalue weighted by Crippen LogP contribution is 2.15. The second-order valence-electron chi connectivity index (χ2n) is 4.31. The van der Waals surface area contributed by atoms with Gasteiger partial charge in [-0.2, -0.15) is 0 Å². The SMILES string of the molecule is CC(=O)NCC(=O)NC(C)c1ccc(S(N)(=O)=O)cc1. The number of sulfonamides is 1. The lowest BCUT2D eigenvalue weighted by Gasteiger charge is -2.14. The van der Waals surface area contributed by atoms with Crippen molar-refractivity contribution >= 4 is 21.8 Å². The summed E-state index contributed by atoms with van der Waals surface area (Å²) in [5.41, 5.74) is 0.730. The van der Waals surface area contributed by atoms with Crippen molar-refractivity contribution in [1.82, 2.24) is 10.6 Å². The molecule has 8 heteroatoms. The van der Waals surface area contributed by atoms with E-state index in [2.05, 4.69) is 10.6 Å². The molecule has 0 aromatic heterocycles. The highest BCUT2D eigenvalue weighted by atomic mass is 32.2. The van der Waals surface area contributed by atoms with Gasteiger partial charge in [-0.3, -0.25) is 9.59 Å². The van der Waals surface area contributed by atoms with Crippen LogP contribution in [0.15, 0.2) is 29.2 Å². The Morgan fingerprint density at radius 1 is 1.25 bits per heavy atom. The number of primary sulfonamides is 1. The van der Waals surface area contributed by atoms with Crippen LogP contribution >= 0.6 is 0 Å². The van der Waals surface area contributed by atoms with E-state index >= 15 is 0 Å². The van der Waals surface area contributed by atoms with Crippen molar-refractivity contribution in [3.05, 3.63) is 29.8 Å². The van der Waals surface area contributed by atoms with Crippen LogP contribution in [0.25, 0.3) is 0 Å². The molecule has 1 rings (SSSR count). The Bertz CT molecular complexity index is 596. The molecule has 0 bridgehead atoms. The van der Waals surface area contributed by atoms with Crippen LogP contribution in [0.2, 0.25) is 0 Å². The Balaban J connectivity index is 2.66. The van der Waals surface area contributed by atoms with Crippen LogP contribution in [0.3, 0.4) is 0 Å². The van der Waals surface area contributed by atoms with Gasteiger partial charge in [0.2, 0.25) is 21.8 Å². The molecule has 0 spiro atoms. The van der Waals surface area contributed by atoms with Gasteiger partial charge in [-0.25, -0.2) is 13.6 Å². The molecule has 1 aromatic carbocycles. The maximum atomic E-state index is 11.5. The largest absolute Gasteiger partial charge is 0.348 e. The minimum absolute atomic E-state index is 0.0121. The van der Waals surface area contributed by atoms with E-state index in [-0.39, 0.29) is 29.3 Å². The summed E-state index contributed by atoms with van der Waals surface area (Å²) in [6.07, 6.45) is 0. The van der Waals surface area contributed by atoms with Crippen LogP contribution in [0.5, 0.6) is 0 Å². The molecule has 1 atom stereocenters. The van der Waals surface area contributed by atoms with Crippen LogP contribution in [0.4, 0.5) is 0 Å². The molecule has 7 nitrogen and oxygen atoms in total. The molecule has 2 amide bonds. The molecule has 0 radical (unpaired) electrons. The maximum Gasteiger partial charge on any atom is 0.239 e. The van der Waals surface area contributed by atoms with E-state index in [4.69, 9.17) is 5.14 Å². The van der Waals surface area contributed by atoms with Gasteiger partial charge in [-0.1, -0.05) is 12.1 Å². The van der Waals surface area contributed by atoms with E-state index in [1.807, 2.05) is 0 Å². The standard InChI is InChI=1S/C12H17N3O4S/c1-8(15-12(17)7-14-9(2)16)10-3-5-11(6-4-10)20(13,18)19/h3-6,8H,7H2,1-2H3,(H,14,16)(H,15,17)(H2,13,18,19). The molecule has 110 valence electrons.